The van der Waals surface area contributed by atoms with Crippen molar-refractivity contribution in [3.05, 3.63) is 29.8 Å². The smallest absolute Gasteiger partial charge is 0.261 e. The molecule has 31 heavy (non-hydrogen) atoms. The van der Waals surface area contributed by atoms with Gasteiger partial charge in [-0.15, -0.1) is 0 Å². The SMILES string of the molecule is COc1ccc(C(=O)N[C@H](C(=O)NNC(=O)C23CC4CC(CC(C4)C2)C3)C(C)C)cc1. The second-order valence-corrected chi connectivity index (χ2v) is 10.1. The van der Waals surface area contributed by atoms with Crippen LogP contribution in [0.1, 0.15) is 62.7 Å². The van der Waals surface area contributed by atoms with E-state index in [2.05, 4.69) is 16.2 Å². The lowest BCUT2D eigenvalue weighted by Gasteiger charge is -2.55. The predicted octanol–water partition coefficient (Wildman–Crippen LogP) is 2.81. The monoisotopic (exact) mass is 427 g/mol. The van der Waals surface area contributed by atoms with Crippen LogP contribution in [0, 0.1) is 29.1 Å². The van der Waals surface area contributed by atoms with Crippen LogP contribution in [0.4, 0.5) is 0 Å². The van der Waals surface area contributed by atoms with Crippen molar-refractivity contribution >= 4 is 17.7 Å². The zero-order valence-electron chi connectivity index (χ0n) is 18.6. The molecule has 0 saturated heterocycles. The van der Waals surface area contributed by atoms with Gasteiger partial charge in [-0.2, -0.15) is 0 Å². The van der Waals surface area contributed by atoms with Crippen LogP contribution >= 0.6 is 0 Å². The van der Waals surface area contributed by atoms with Crippen LogP contribution < -0.4 is 20.9 Å². The molecule has 4 saturated carbocycles. The van der Waals surface area contributed by atoms with Gasteiger partial charge in [-0.25, -0.2) is 0 Å². The van der Waals surface area contributed by atoms with E-state index in [1.54, 1.807) is 31.4 Å². The quantitative estimate of drug-likeness (QED) is 0.608. The summed E-state index contributed by atoms with van der Waals surface area (Å²) >= 11 is 0. The zero-order chi connectivity index (χ0) is 22.2. The van der Waals surface area contributed by atoms with Gasteiger partial charge in [0.05, 0.1) is 12.5 Å². The summed E-state index contributed by atoms with van der Waals surface area (Å²) < 4.78 is 5.11. The second-order valence-electron chi connectivity index (χ2n) is 10.1. The van der Waals surface area contributed by atoms with Crippen molar-refractivity contribution in [2.75, 3.05) is 7.11 Å². The van der Waals surface area contributed by atoms with E-state index in [0.717, 1.165) is 19.3 Å². The van der Waals surface area contributed by atoms with Crippen molar-refractivity contribution in [2.45, 2.75) is 58.4 Å². The predicted molar refractivity (Wildman–Crippen MR) is 116 cm³/mol. The molecule has 1 atom stereocenters. The maximum absolute atomic E-state index is 13.1. The van der Waals surface area contributed by atoms with E-state index in [4.69, 9.17) is 4.74 Å². The summed E-state index contributed by atoms with van der Waals surface area (Å²) in [7, 11) is 1.56. The molecule has 0 aromatic heterocycles. The minimum atomic E-state index is -0.758. The van der Waals surface area contributed by atoms with Crippen molar-refractivity contribution in [2.24, 2.45) is 29.1 Å². The van der Waals surface area contributed by atoms with Gasteiger partial charge in [-0.3, -0.25) is 25.2 Å². The van der Waals surface area contributed by atoms with Crippen LogP contribution in [-0.2, 0) is 9.59 Å². The average molecular weight is 428 g/mol. The molecule has 7 nitrogen and oxygen atoms in total. The first-order valence-electron chi connectivity index (χ1n) is 11.3. The van der Waals surface area contributed by atoms with E-state index < -0.39 is 11.9 Å². The largest absolute Gasteiger partial charge is 0.497 e. The lowest BCUT2D eigenvalue weighted by molar-refractivity contribution is -0.149. The van der Waals surface area contributed by atoms with Crippen molar-refractivity contribution < 1.29 is 19.1 Å². The van der Waals surface area contributed by atoms with Crippen LogP contribution in [0.2, 0.25) is 0 Å². The molecule has 0 spiro atoms. The summed E-state index contributed by atoms with van der Waals surface area (Å²) in [6.45, 7) is 3.72. The Balaban J connectivity index is 1.35. The third-order valence-corrected chi connectivity index (χ3v) is 7.41. The molecule has 4 aliphatic carbocycles. The maximum atomic E-state index is 13.1. The number of hydrazine groups is 1. The number of hydrogen-bond donors (Lipinski definition) is 3. The Kier molecular flexibility index (Phi) is 5.95. The van der Waals surface area contributed by atoms with Crippen molar-refractivity contribution in [3.8, 4) is 5.75 Å². The summed E-state index contributed by atoms with van der Waals surface area (Å²) in [6.07, 6.45) is 6.57. The van der Waals surface area contributed by atoms with Gasteiger partial charge in [-0.05, 0) is 86.5 Å². The Morgan fingerprint density at radius 3 is 1.97 bits per heavy atom. The number of hydrogen-bond acceptors (Lipinski definition) is 4. The number of ether oxygens (including phenoxy) is 1. The minimum absolute atomic E-state index is 0.0658. The van der Waals surface area contributed by atoms with Crippen LogP contribution in [0.3, 0.4) is 0 Å². The maximum Gasteiger partial charge on any atom is 0.261 e. The molecule has 4 fully saturated rings. The Bertz CT molecular complexity index is 814. The zero-order valence-corrected chi connectivity index (χ0v) is 18.6. The summed E-state index contributed by atoms with van der Waals surface area (Å²) in [6, 6.07) is 5.94. The molecule has 7 heteroatoms. The van der Waals surface area contributed by atoms with Gasteiger partial charge in [0, 0.05) is 5.56 Å². The van der Waals surface area contributed by atoms with E-state index in [1.807, 2.05) is 13.8 Å². The van der Waals surface area contributed by atoms with Gasteiger partial charge >= 0.3 is 0 Å². The van der Waals surface area contributed by atoms with E-state index in [-0.39, 0.29) is 23.1 Å². The third-order valence-electron chi connectivity index (χ3n) is 7.41. The topological polar surface area (TPSA) is 96.5 Å². The highest BCUT2D eigenvalue weighted by Crippen LogP contribution is 2.60. The number of carbonyl (C=O) groups is 3. The highest BCUT2D eigenvalue weighted by molar-refractivity contribution is 5.98. The molecule has 0 aliphatic heterocycles. The van der Waals surface area contributed by atoms with Crippen LogP contribution in [-0.4, -0.2) is 30.9 Å². The summed E-state index contributed by atoms with van der Waals surface area (Å²) in [5, 5.41) is 2.79. The number of rotatable bonds is 6. The van der Waals surface area contributed by atoms with E-state index in [1.165, 1.54) is 19.3 Å². The van der Waals surface area contributed by atoms with Crippen LogP contribution in [0.5, 0.6) is 5.75 Å². The van der Waals surface area contributed by atoms with Gasteiger partial charge in [0.2, 0.25) is 5.91 Å². The normalized spacial score (nSPS) is 29.4. The summed E-state index contributed by atoms with van der Waals surface area (Å²) in [4.78, 5) is 38.5. The molecule has 3 N–H and O–H groups in total. The fraction of sp³-hybridized carbons (Fsp3) is 0.625. The first kappa shape index (κ1) is 21.7. The Hall–Kier alpha value is -2.57. The first-order valence-corrected chi connectivity index (χ1v) is 11.3. The highest BCUT2D eigenvalue weighted by Gasteiger charge is 2.54. The second kappa shape index (κ2) is 8.52. The Morgan fingerprint density at radius 1 is 0.935 bits per heavy atom. The van der Waals surface area contributed by atoms with Crippen molar-refractivity contribution in [1.82, 2.24) is 16.2 Å². The fourth-order valence-electron chi connectivity index (χ4n) is 6.22. The highest BCUT2D eigenvalue weighted by atomic mass is 16.5. The van der Waals surface area contributed by atoms with Crippen LogP contribution in [0.15, 0.2) is 24.3 Å². The van der Waals surface area contributed by atoms with Crippen molar-refractivity contribution in [1.29, 1.82) is 0 Å². The molecule has 5 rings (SSSR count). The molecular weight excluding hydrogens is 394 g/mol. The average Bonchev–Trinajstić information content (AvgIpc) is 2.74. The molecule has 0 heterocycles. The molecule has 0 unspecified atom stereocenters. The molecule has 1 aromatic carbocycles. The number of carbonyl (C=O) groups excluding carboxylic acids is 3. The van der Waals surface area contributed by atoms with Gasteiger partial charge in [0.1, 0.15) is 11.8 Å². The number of benzene rings is 1. The van der Waals surface area contributed by atoms with Crippen LogP contribution in [0.25, 0.3) is 0 Å². The van der Waals surface area contributed by atoms with Gasteiger partial charge in [0.15, 0.2) is 0 Å². The summed E-state index contributed by atoms with van der Waals surface area (Å²) in [5.74, 6) is 1.66. The van der Waals surface area contributed by atoms with Gasteiger partial charge in [0.25, 0.3) is 11.8 Å². The lowest BCUT2D eigenvalue weighted by Crippen LogP contribution is -2.59. The summed E-state index contributed by atoms with van der Waals surface area (Å²) in [5.41, 5.74) is 5.40. The lowest BCUT2D eigenvalue weighted by atomic mass is 9.49. The molecule has 4 aliphatic rings. The Labute approximate surface area is 183 Å². The first-order chi connectivity index (χ1) is 14.8. The molecule has 3 amide bonds. The number of nitrogens with one attached hydrogen (secondary N) is 3. The molecule has 0 radical (unpaired) electrons. The van der Waals surface area contributed by atoms with E-state index in [9.17, 15) is 14.4 Å². The van der Waals surface area contributed by atoms with E-state index in [0.29, 0.717) is 29.1 Å². The number of methoxy groups -OCH3 is 1. The third kappa shape index (κ3) is 4.41. The van der Waals surface area contributed by atoms with Gasteiger partial charge < -0.3 is 10.1 Å². The molecular formula is C24H33N3O4. The minimum Gasteiger partial charge on any atom is -0.497 e. The standard InChI is InChI=1S/C24H33N3O4/c1-14(2)20(25-21(28)18-4-6-19(31-3)7-5-18)22(29)26-27-23(30)24-11-15-8-16(12-24)10-17(9-15)13-24/h4-7,14-17,20H,8-13H2,1-3H3,(H,25,28)(H,26,29)(H,27,30)/t15?,16?,17?,20-,24?/m0/s1. The fourth-order valence-corrected chi connectivity index (χ4v) is 6.22. The molecule has 168 valence electrons. The van der Waals surface area contributed by atoms with Gasteiger partial charge in [-0.1, -0.05) is 13.8 Å². The Morgan fingerprint density at radius 2 is 1.48 bits per heavy atom. The van der Waals surface area contributed by atoms with E-state index >= 15 is 0 Å². The molecule has 4 bridgehead atoms. The number of amides is 3. The van der Waals surface area contributed by atoms with Crippen molar-refractivity contribution in [3.63, 3.8) is 0 Å². The molecule has 1 aromatic rings.